The topological polar surface area (TPSA) is 69.7 Å². The number of carbonyl (C=O) groups is 1. The molecule has 1 atom stereocenters. The standard InChI is InChI=1S/C21H28N2O4/c1-5-6-7-13-27-18-11-10-16(14-19(18)25-3)15(2)23-20(24)17-9-8-12-22-21(17)26-4/h8-12,14-15H,5-7,13H2,1-4H3,(H,23,24). The van der Waals surface area contributed by atoms with E-state index in [0.29, 0.717) is 29.5 Å². The Bertz CT molecular complexity index is 749. The lowest BCUT2D eigenvalue weighted by atomic mass is 10.1. The number of benzene rings is 1. The molecule has 2 aromatic rings. The summed E-state index contributed by atoms with van der Waals surface area (Å²) in [6, 6.07) is 8.87. The number of nitrogens with zero attached hydrogens (tertiary/aromatic N) is 1. The normalized spacial score (nSPS) is 11.6. The largest absolute Gasteiger partial charge is 0.493 e. The van der Waals surface area contributed by atoms with Gasteiger partial charge in [-0.05, 0) is 43.2 Å². The highest BCUT2D eigenvalue weighted by atomic mass is 16.5. The van der Waals surface area contributed by atoms with E-state index < -0.39 is 0 Å². The number of aromatic nitrogens is 1. The molecule has 0 spiro atoms. The van der Waals surface area contributed by atoms with Gasteiger partial charge in [0.25, 0.3) is 5.91 Å². The van der Waals surface area contributed by atoms with Gasteiger partial charge in [0.2, 0.25) is 5.88 Å². The smallest absolute Gasteiger partial charge is 0.257 e. The molecule has 0 aliphatic carbocycles. The second-order valence-electron chi connectivity index (χ2n) is 6.22. The third kappa shape index (κ3) is 5.61. The summed E-state index contributed by atoms with van der Waals surface area (Å²) in [5, 5.41) is 2.96. The van der Waals surface area contributed by atoms with E-state index in [4.69, 9.17) is 14.2 Å². The molecule has 1 heterocycles. The van der Waals surface area contributed by atoms with Crippen molar-refractivity contribution >= 4 is 5.91 Å². The van der Waals surface area contributed by atoms with Gasteiger partial charge in [-0.25, -0.2) is 4.98 Å². The molecule has 0 fully saturated rings. The third-order valence-corrected chi connectivity index (χ3v) is 4.25. The minimum Gasteiger partial charge on any atom is -0.493 e. The van der Waals surface area contributed by atoms with Crippen LogP contribution in [0.5, 0.6) is 17.4 Å². The number of carbonyl (C=O) groups excluding carboxylic acids is 1. The number of amides is 1. The lowest BCUT2D eigenvalue weighted by Crippen LogP contribution is -2.27. The molecule has 0 aliphatic rings. The fraction of sp³-hybridized carbons (Fsp3) is 0.429. The Morgan fingerprint density at radius 2 is 1.96 bits per heavy atom. The monoisotopic (exact) mass is 372 g/mol. The van der Waals surface area contributed by atoms with Crippen molar-refractivity contribution in [3.8, 4) is 17.4 Å². The van der Waals surface area contributed by atoms with Crippen molar-refractivity contribution in [1.29, 1.82) is 0 Å². The summed E-state index contributed by atoms with van der Waals surface area (Å²) in [5.41, 5.74) is 1.32. The van der Waals surface area contributed by atoms with Crippen LogP contribution in [0.1, 0.15) is 55.1 Å². The van der Waals surface area contributed by atoms with Gasteiger partial charge in [-0.3, -0.25) is 4.79 Å². The fourth-order valence-corrected chi connectivity index (χ4v) is 2.69. The number of methoxy groups -OCH3 is 2. The number of unbranched alkanes of at least 4 members (excludes halogenated alkanes) is 2. The molecule has 1 aromatic heterocycles. The van der Waals surface area contributed by atoms with E-state index in [0.717, 1.165) is 24.8 Å². The van der Waals surface area contributed by atoms with Gasteiger partial charge in [0.15, 0.2) is 11.5 Å². The predicted molar refractivity (Wildman–Crippen MR) is 105 cm³/mol. The van der Waals surface area contributed by atoms with Gasteiger partial charge in [0.05, 0.1) is 26.9 Å². The highest BCUT2D eigenvalue weighted by Crippen LogP contribution is 2.30. The van der Waals surface area contributed by atoms with Crippen LogP contribution >= 0.6 is 0 Å². The average molecular weight is 372 g/mol. The van der Waals surface area contributed by atoms with Crippen LogP contribution in [0.15, 0.2) is 36.5 Å². The Labute approximate surface area is 160 Å². The SMILES string of the molecule is CCCCCOc1ccc(C(C)NC(=O)c2cccnc2OC)cc1OC. The van der Waals surface area contributed by atoms with E-state index in [1.165, 1.54) is 7.11 Å². The Morgan fingerprint density at radius 1 is 1.15 bits per heavy atom. The van der Waals surface area contributed by atoms with Gasteiger partial charge >= 0.3 is 0 Å². The Morgan fingerprint density at radius 3 is 2.67 bits per heavy atom. The first kappa shape index (κ1) is 20.6. The molecule has 0 saturated heterocycles. The fourth-order valence-electron chi connectivity index (χ4n) is 2.69. The maximum absolute atomic E-state index is 12.5. The van der Waals surface area contributed by atoms with Crippen molar-refractivity contribution in [1.82, 2.24) is 10.3 Å². The van der Waals surface area contributed by atoms with Gasteiger partial charge < -0.3 is 19.5 Å². The van der Waals surface area contributed by atoms with Crippen molar-refractivity contribution in [3.63, 3.8) is 0 Å². The molecule has 1 unspecified atom stereocenters. The Kier molecular flexibility index (Phi) is 7.92. The molecule has 1 amide bonds. The summed E-state index contributed by atoms with van der Waals surface area (Å²) in [6.45, 7) is 4.74. The van der Waals surface area contributed by atoms with Crippen molar-refractivity contribution < 1.29 is 19.0 Å². The van der Waals surface area contributed by atoms with E-state index in [9.17, 15) is 4.79 Å². The van der Waals surface area contributed by atoms with Gasteiger partial charge in [0.1, 0.15) is 5.56 Å². The van der Waals surface area contributed by atoms with Crippen LogP contribution in [0.3, 0.4) is 0 Å². The summed E-state index contributed by atoms with van der Waals surface area (Å²) in [4.78, 5) is 16.6. The molecular formula is C21H28N2O4. The molecule has 0 aliphatic heterocycles. The second kappa shape index (κ2) is 10.4. The number of hydrogen-bond acceptors (Lipinski definition) is 5. The molecule has 0 saturated carbocycles. The molecule has 6 heteroatoms. The minimum absolute atomic E-state index is 0.217. The number of pyridine rings is 1. The lowest BCUT2D eigenvalue weighted by Gasteiger charge is -2.18. The molecule has 146 valence electrons. The van der Waals surface area contributed by atoms with Crippen molar-refractivity contribution in [3.05, 3.63) is 47.7 Å². The molecule has 2 rings (SSSR count). The van der Waals surface area contributed by atoms with Gasteiger partial charge in [0, 0.05) is 6.20 Å². The van der Waals surface area contributed by atoms with Crippen LogP contribution in [-0.2, 0) is 0 Å². The predicted octanol–water partition coefficient (Wildman–Crippen LogP) is 4.16. The maximum Gasteiger partial charge on any atom is 0.257 e. The first-order chi connectivity index (χ1) is 13.1. The van der Waals surface area contributed by atoms with Crippen LogP contribution in [0, 0.1) is 0 Å². The summed E-state index contributed by atoms with van der Waals surface area (Å²) >= 11 is 0. The molecular weight excluding hydrogens is 344 g/mol. The first-order valence-corrected chi connectivity index (χ1v) is 9.21. The van der Waals surface area contributed by atoms with Crippen molar-refractivity contribution in [2.45, 2.75) is 39.2 Å². The van der Waals surface area contributed by atoms with Crippen LogP contribution < -0.4 is 19.5 Å². The molecule has 27 heavy (non-hydrogen) atoms. The Balaban J connectivity index is 2.07. The molecule has 1 aromatic carbocycles. The number of nitrogens with one attached hydrogen (secondary N) is 1. The molecule has 6 nitrogen and oxygen atoms in total. The highest BCUT2D eigenvalue weighted by Gasteiger charge is 2.17. The van der Waals surface area contributed by atoms with Crippen molar-refractivity contribution in [2.75, 3.05) is 20.8 Å². The molecule has 0 radical (unpaired) electrons. The second-order valence-corrected chi connectivity index (χ2v) is 6.22. The van der Waals surface area contributed by atoms with Crippen LogP contribution in [0.25, 0.3) is 0 Å². The zero-order valence-corrected chi connectivity index (χ0v) is 16.5. The van der Waals surface area contributed by atoms with E-state index in [1.54, 1.807) is 25.4 Å². The summed E-state index contributed by atoms with van der Waals surface area (Å²) in [7, 11) is 3.11. The number of rotatable bonds is 10. The zero-order chi connectivity index (χ0) is 19.6. The quantitative estimate of drug-likeness (QED) is 0.634. The first-order valence-electron chi connectivity index (χ1n) is 9.21. The van der Waals surface area contributed by atoms with Gasteiger partial charge in [-0.1, -0.05) is 25.8 Å². The highest BCUT2D eigenvalue weighted by molar-refractivity contribution is 5.96. The average Bonchev–Trinajstić information content (AvgIpc) is 2.71. The van der Waals surface area contributed by atoms with E-state index in [-0.39, 0.29) is 11.9 Å². The summed E-state index contributed by atoms with van der Waals surface area (Å²) < 4.78 is 16.4. The maximum atomic E-state index is 12.5. The third-order valence-electron chi connectivity index (χ3n) is 4.25. The summed E-state index contributed by atoms with van der Waals surface area (Å²) in [6.07, 6.45) is 4.89. The van der Waals surface area contributed by atoms with Gasteiger partial charge in [-0.2, -0.15) is 0 Å². The van der Waals surface area contributed by atoms with Gasteiger partial charge in [-0.15, -0.1) is 0 Å². The lowest BCUT2D eigenvalue weighted by molar-refractivity contribution is 0.0936. The molecule has 1 N–H and O–H groups in total. The van der Waals surface area contributed by atoms with E-state index in [2.05, 4.69) is 17.2 Å². The van der Waals surface area contributed by atoms with E-state index >= 15 is 0 Å². The number of hydrogen-bond donors (Lipinski definition) is 1. The molecule has 0 bridgehead atoms. The van der Waals surface area contributed by atoms with Crippen molar-refractivity contribution in [2.24, 2.45) is 0 Å². The van der Waals surface area contributed by atoms with Crippen LogP contribution in [0.2, 0.25) is 0 Å². The van der Waals surface area contributed by atoms with E-state index in [1.807, 2.05) is 25.1 Å². The minimum atomic E-state index is -0.244. The summed E-state index contributed by atoms with van der Waals surface area (Å²) in [5.74, 6) is 1.43. The van der Waals surface area contributed by atoms with Crippen LogP contribution in [-0.4, -0.2) is 31.7 Å². The van der Waals surface area contributed by atoms with Crippen LogP contribution in [0.4, 0.5) is 0 Å². The Hall–Kier alpha value is -2.76. The zero-order valence-electron chi connectivity index (χ0n) is 16.5. The number of ether oxygens (including phenoxy) is 3.